The number of aryl methyl sites for hydroxylation is 1. The van der Waals surface area contributed by atoms with Gasteiger partial charge in [0.2, 0.25) is 11.7 Å². The van der Waals surface area contributed by atoms with Crippen molar-refractivity contribution in [3.8, 4) is 11.4 Å². The number of urea groups is 1. The molecule has 1 aliphatic heterocycles. The molecule has 2 heterocycles. The monoisotopic (exact) mass is 412 g/mol. The Bertz CT molecular complexity index is 1320. The van der Waals surface area contributed by atoms with E-state index < -0.39 is 11.6 Å². The van der Waals surface area contributed by atoms with Crippen LogP contribution in [0.15, 0.2) is 71.3 Å². The highest BCUT2D eigenvalue weighted by Crippen LogP contribution is 2.34. The third-order valence-electron chi connectivity index (χ3n) is 5.75. The van der Waals surface area contributed by atoms with E-state index >= 15 is 0 Å². The molecular weight excluding hydrogens is 392 g/mol. The largest absolute Gasteiger partial charge is 0.337 e. The molecule has 7 nitrogen and oxygen atoms in total. The SMILES string of the molecule is Cc1ccccc1-c1noc(CN2C(=O)N[C@](C)(c3cccc4ccccc34)C2=O)n1. The van der Waals surface area contributed by atoms with Gasteiger partial charge in [0, 0.05) is 5.56 Å². The Morgan fingerprint density at radius 3 is 2.58 bits per heavy atom. The predicted molar refractivity (Wildman–Crippen MR) is 115 cm³/mol. The Labute approximate surface area is 178 Å². The summed E-state index contributed by atoms with van der Waals surface area (Å²) in [6, 6.07) is 20.7. The summed E-state index contributed by atoms with van der Waals surface area (Å²) < 4.78 is 5.34. The fourth-order valence-electron chi connectivity index (χ4n) is 4.07. The van der Waals surface area contributed by atoms with Crippen molar-refractivity contribution < 1.29 is 14.1 Å². The van der Waals surface area contributed by atoms with Gasteiger partial charge >= 0.3 is 6.03 Å². The summed E-state index contributed by atoms with van der Waals surface area (Å²) in [5, 5.41) is 8.79. The average molecular weight is 412 g/mol. The fraction of sp³-hybridized carbons (Fsp3) is 0.167. The van der Waals surface area contributed by atoms with Gasteiger partial charge in [-0.05, 0) is 35.7 Å². The molecular formula is C24H20N4O3. The molecule has 154 valence electrons. The van der Waals surface area contributed by atoms with Crippen LogP contribution in [0, 0.1) is 6.92 Å². The number of hydrogen-bond acceptors (Lipinski definition) is 5. The highest BCUT2D eigenvalue weighted by atomic mass is 16.5. The van der Waals surface area contributed by atoms with Crippen molar-refractivity contribution in [2.24, 2.45) is 0 Å². The molecule has 0 spiro atoms. The molecule has 7 heteroatoms. The van der Waals surface area contributed by atoms with E-state index in [-0.39, 0.29) is 18.3 Å². The number of nitrogens with zero attached hydrogens (tertiary/aromatic N) is 3. The van der Waals surface area contributed by atoms with Gasteiger partial charge in [-0.2, -0.15) is 4.98 Å². The number of fused-ring (bicyclic) bond motifs is 1. The number of hydrogen-bond donors (Lipinski definition) is 1. The van der Waals surface area contributed by atoms with Crippen LogP contribution in [-0.4, -0.2) is 27.0 Å². The molecule has 5 rings (SSSR count). The number of nitrogens with one attached hydrogen (secondary N) is 1. The summed E-state index contributed by atoms with van der Waals surface area (Å²) >= 11 is 0. The van der Waals surface area contributed by atoms with Gasteiger partial charge < -0.3 is 9.84 Å². The molecule has 0 saturated carbocycles. The average Bonchev–Trinajstić information content (AvgIpc) is 3.32. The first-order valence-corrected chi connectivity index (χ1v) is 9.98. The second-order valence-electron chi connectivity index (χ2n) is 7.80. The Morgan fingerprint density at radius 2 is 1.74 bits per heavy atom. The van der Waals surface area contributed by atoms with E-state index in [9.17, 15) is 9.59 Å². The van der Waals surface area contributed by atoms with Gasteiger partial charge in [0.15, 0.2) is 0 Å². The van der Waals surface area contributed by atoms with Crippen molar-refractivity contribution >= 4 is 22.7 Å². The molecule has 31 heavy (non-hydrogen) atoms. The maximum atomic E-state index is 13.4. The molecule has 0 radical (unpaired) electrons. The molecule has 1 aromatic heterocycles. The van der Waals surface area contributed by atoms with Gasteiger partial charge in [-0.15, -0.1) is 0 Å². The lowest BCUT2D eigenvalue weighted by Gasteiger charge is -2.23. The Hall–Kier alpha value is -4.00. The van der Waals surface area contributed by atoms with Gasteiger partial charge in [0.1, 0.15) is 12.1 Å². The Kier molecular flexibility index (Phi) is 4.32. The van der Waals surface area contributed by atoms with Crippen LogP contribution in [0.4, 0.5) is 4.79 Å². The molecule has 1 saturated heterocycles. The van der Waals surface area contributed by atoms with Crippen molar-refractivity contribution in [1.29, 1.82) is 0 Å². The highest BCUT2D eigenvalue weighted by Gasteiger charge is 2.50. The van der Waals surface area contributed by atoms with Crippen molar-refractivity contribution in [3.63, 3.8) is 0 Å². The molecule has 3 amide bonds. The quantitative estimate of drug-likeness (QED) is 0.509. The fourth-order valence-corrected chi connectivity index (χ4v) is 4.07. The summed E-state index contributed by atoms with van der Waals surface area (Å²) in [5.74, 6) is 0.269. The van der Waals surface area contributed by atoms with Crippen LogP contribution < -0.4 is 5.32 Å². The Morgan fingerprint density at radius 1 is 1.00 bits per heavy atom. The van der Waals surface area contributed by atoms with Gasteiger partial charge in [0.25, 0.3) is 5.91 Å². The summed E-state index contributed by atoms with van der Waals surface area (Å²) in [5.41, 5.74) is 1.41. The van der Waals surface area contributed by atoms with Crippen LogP contribution in [0.1, 0.15) is 23.9 Å². The molecule has 4 aromatic rings. The third kappa shape index (κ3) is 3.06. The summed E-state index contributed by atoms with van der Waals surface area (Å²) in [6.45, 7) is 3.59. The van der Waals surface area contributed by atoms with E-state index in [2.05, 4.69) is 15.5 Å². The van der Waals surface area contributed by atoms with Crippen molar-refractivity contribution in [2.75, 3.05) is 0 Å². The lowest BCUT2D eigenvalue weighted by molar-refractivity contribution is -0.131. The zero-order chi connectivity index (χ0) is 21.6. The zero-order valence-corrected chi connectivity index (χ0v) is 17.1. The molecule has 0 aliphatic carbocycles. The standard InChI is InChI=1S/C24H20N4O3/c1-15-8-3-5-11-17(15)21-25-20(31-27-21)14-28-22(29)24(2,26-23(28)30)19-13-7-10-16-9-4-6-12-18(16)19/h3-13H,14H2,1-2H3,(H,26,30)/t24-/m1/s1. The first-order valence-electron chi connectivity index (χ1n) is 9.98. The summed E-state index contributed by atoms with van der Waals surface area (Å²) in [6.07, 6.45) is 0. The van der Waals surface area contributed by atoms with E-state index in [0.29, 0.717) is 5.82 Å². The van der Waals surface area contributed by atoms with Crippen LogP contribution in [0.2, 0.25) is 0 Å². The molecule has 1 aliphatic rings. The van der Waals surface area contributed by atoms with E-state index in [1.807, 2.05) is 73.7 Å². The van der Waals surface area contributed by atoms with E-state index in [1.165, 1.54) is 0 Å². The lowest BCUT2D eigenvalue weighted by Crippen LogP contribution is -2.41. The molecule has 0 bridgehead atoms. The topological polar surface area (TPSA) is 88.3 Å². The Balaban J connectivity index is 1.45. The maximum absolute atomic E-state index is 13.4. The summed E-state index contributed by atoms with van der Waals surface area (Å²) in [7, 11) is 0. The number of imide groups is 1. The summed E-state index contributed by atoms with van der Waals surface area (Å²) in [4.78, 5) is 31.6. The van der Waals surface area contributed by atoms with Crippen LogP contribution in [0.5, 0.6) is 0 Å². The molecule has 1 atom stereocenters. The zero-order valence-electron chi connectivity index (χ0n) is 17.1. The van der Waals surface area contributed by atoms with Crippen LogP contribution >= 0.6 is 0 Å². The second kappa shape index (κ2) is 7.05. The van der Waals surface area contributed by atoms with Gasteiger partial charge in [-0.3, -0.25) is 9.69 Å². The highest BCUT2D eigenvalue weighted by molar-refractivity contribution is 6.09. The first-order chi connectivity index (χ1) is 15.0. The predicted octanol–water partition coefficient (Wildman–Crippen LogP) is 4.17. The first kappa shape index (κ1) is 19.0. The smallest absolute Gasteiger partial charge is 0.325 e. The minimum Gasteiger partial charge on any atom is -0.337 e. The third-order valence-corrected chi connectivity index (χ3v) is 5.75. The number of aromatic nitrogens is 2. The molecule has 1 fully saturated rings. The number of carbonyl (C=O) groups excluding carboxylic acids is 2. The van der Waals surface area contributed by atoms with Crippen molar-refractivity contribution in [1.82, 2.24) is 20.4 Å². The van der Waals surface area contributed by atoms with E-state index in [0.717, 1.165) is 32.4 Å². The van der Waals surface area contributed by atoms with Crippen LogP contribution in [0.25, 0.3) is 22.2 Å². The number of carbonyl (C=O) groups is 2. The maximum Gasteiger partial charge on any atom is 0.325 e. The van der Waals surface area contributed by atoms with E-state index in [4.69, 9.17) is 4.52 Å². The normalized spacial score (nSPS) is 18.6. The molecule has 1 N–H and O–H groups in total. The second-order valence-corrected chi connectivity index (χ2v) is 7.80. The van der Waals surface area contributed by atoms with Crippen LogP contribution in [-0.2, 0) is 16.9 Å². The van der Waals surface area contributed by atoms with Crippen molar-refractivity contribution in [2.45, 2.75) is 25.9 Å². The minimum atomic E-state index is -1.18. The number of amides is 3. The van der Waals surface area contributed by atoms with Gasteiger partial charge in [-0.25, -0.2) is 4.79 Å². The van der Waals surface area contributed by atoms with Gasteiger partial charge in [0.05, 0.1) is 0 Å². The minimum absolute atomic E-state index is 0.0933. The van der Waals surface area contributed by atoms with Crippen molar-refractivity contribution in [3.05, 3.63) is 83.7 Å². The molecule has 3 aromatic carbocycles. The number of rotatable bonds is 4. The number of benzene rings is 3. The lowest BCUT2D eigenvalue weighted by atomic mass is 9.88. The van der Waals surface area contributed by atoms with Gasteiger partial charge in [-0.1, -0.05) is 71.9 Å². The van der Waals surface area contributed by atoms with Crippen LogP contribution in [0.3, 0.4) is 0 Å². The molecule has 0 unspecified atom stereocenters. The van der Waals surface area contributed by atoms with E-state index in [1.54, 1.807) is 6.92 Å².